The van der Waals surface area contributed by atoms with Crippen LogP contribution in [0.2, 0.25) is 0 Å². The molecule has 4 rings (SSSR count). The van der Waals surface area contributed by atoms with E-state index in [9.17, 15) is 9.59 Å². The molecule has 1 fully saturated rings. The molecule has 2 heterocycles. The number of carbonyl (C=O) groups excluding carboxylic acids is 2. The minimum absolute atomic E-state index is 0.0815. The molecule has 0 bridgehead atoms. The normalized spacial score (nSPS) is 15.1. The van der Waals surface area contributed by atoms with E-state index < -0.39 is 0 Å². The molecule has 1 saturated heterocycles. The van der Waals surface area contributed by atoms with Crippen molar-refractivity contribution in [3.63, 3.8) is 0 Å². The number of ether oxygens (including phenoxy) is 1. The van der Waals surface area contributed by atoms with E-state index in [-0.39, 0.29) is 18.4 Å². The first-order valence-electron chi connectivity index (χ1n) is 9.76. The van der Waals surface area contributed by atoms with Crippen LogP contribution in [0.1, 0.15) is 11.1 Å². The number of hydrogen-bond donors (Lipinski definition) is 2. The third-order valence-electron chi connectivity index (χ3n) is 4.96. The zero-order valence-corrected chi connectivity index (χ0v) is 18.5. The lowest BCUT2D eigenvalue weighted by Gasteiger charge is -2.14. The number of methoxy groups -OCH3 is 1. The van der Waals surface area contributed by atoms with Gasteiger partial charge < -0.3 is 15.0 Å². The van der Waals surface area contributed by atoms with Crippen LogP contribution in [0.15, 0.2) is 59.6 Å². The Morgan fingerprint density at radius 2 is 2.06 bits per heavy atom. The van der Waals surface area contributed by atoms with Crippen LogP contribution in [0.3, 0.4) is 0 Å². The number of carbonyl (C=O) groups is 2. The molecule has 0 unspecified atom stereocenters. The molecule has 158 valence electrons. The van der Waals surface area contributed by atoms with Crippen molar-refractivity contribution in [3.05, 3.63) is 70.8 Å². The Balaban J connectivity index is 1.32. The number of amides is 2. The average molecular weight is 452 g/mol. The van der Waals surface area contributed by atoms with Crippen molar-refractivity contribution in [3.8, 4) is 5.75 Å². The zero-order valence-electron chi connectivity index (χ0n) is 16.9. The summed E-state index contributed by atoms with van der Waals surface area (Å²) < 4.78 is 5.64. The standard InChI is InChI=1S/C23H21N3O3S2/c1-29-17-7-8-18-16(13-25-19(18)12-17)9-10-24-21(27)14-26-22(28)20(31-23(26)30)11-15-5-3-2-4-6-15/h2-8,11-13,25H,9-10,14H2,1H3,(H,24,27)/b20-11+. The highest BCUT2D eigenvalue weighted by Gasteiger charge is 2.33. The second-order valence-corrected chi connectivity index (χ2v) is 8.68. The molecule has 0 radical (unpaired) electrons. The topological polar surface area (TPSA) is 74.4 Å². The van der Waals surface area contributed by atoms with Gasteiger partial charge in [0.15, 0.2) is 0 Å². The largest absolute Gasteiger partial charge is 0.497 e. The number of nitrogens with one attached hydrogen (secondary N) is 2. The summed E-state index contributed by atoms with van der Waals surface area (Å²) in [6, 6.07) is 15.4. The first-order chi connectivity index (χ1) is 15.0. The molecule has 6 nitrogen and oxygen atoms in total. The second kappa shape index (κ2) is 9.36. The number of hydrogen-bond acceptors (Lipinski definition) is 5. The number of rotatable bonds is 7. The molecule has 2 aromatic carbocycles. The molecule has 2 N–H and O–H groups in total. The summed E-state index contributed by atoms with van der Waals surface area (Å²) in [5.41, 5.74) is 3.02. The van der Waals surface area contributed by atoms with Gasteiger partial charge in [0.2, 0.25) is 5.91 Å². The fraction of sp³-hybridized carbons (Fsp3) is 0.174. The number of aromatic nitrogens is 1. The Morgan fingerprint density at radius 1 is 1.26 bits per heavy atom. The van der Waals surface area contributed by atoms with Crippen LogP contribution in [0.25, 0.3) is 17.0 Å². The zero-order chi connectivity index (χ0) is 21.8. The summed E-state index contributed by atoms with van der Waals surface area (Å²) in [6.07, 6.45) is 4.40. The summed E-state index contributed by atoms with van der Waals surface area (Å²) in [4.78, 5) is 30.2. The van der Waals surface area contributed by atoms with Gasteiger partial charge in [0.1, 0.15) is 16.6 Å². The van der Waals surface area contributed by atoms with Crippen molar-refractivity contribution >= 4 is 57.1 Å². The molecule has 1 aliphatic heterocycles. The SMILES string of the molecule is COc1ccc2c(CCNC(=O)CN3C(=O)/C(=C\c4ccccc4)SC3=S)c[nH]c2c1. The van der Waals surface area contributed by atoms with Crippen LogP contribution in [-0.4, -0.2) is 46.2 Å². The third-order valence-corrected chi connectivity index (χ3v) is 6.34. The van der Waals surface area contributed by atoms with Crippen molar-refractivity contribution < 1.29 is 14.3 Å². The quantitative estimate of drug-likeness (QED) is 0.423. The first kappa shape index (κ1) is 21.1. The van der Waals surface area contributed by atoms with Crippen LogP contribution < -0.4 is 10.1 Å². The van der Waals surface area contributed by atoms with Crippen molar-refractivity contribution in [2.24, 2.45) is 0 Å². The van der Waals surface area contributed by atoms with Gasteiger partial charge in [-0.05, 0) is 35.8 Å². The highest BCUT2D eigenvalue weighted by Crippen LogP contribution is 2.32. The van der Waals surface area contributed by atoms with Gasteiger partial charge in [-0.25, -0.2) is 0 Å². The minimum atomic E-state index is -0.237. The van der Waals surface area contributed by atoms with Crippen LogP contribution in [0.5, 0.6) is 5.75 Å². The summed E-state index contributed by atoms with van der Waals surface area (Å²) in [6.45, 7) is 0.383. The maximum Gasteiger partial charge on any atom is 0.266 e. The number of thiocarbonyl (C=S) groups is 1. The second-order valence-electron chi connectivity index (χ2n) is 7.00. The molecule has 3 aromatic rings. The van der Waals surface area contributed by atoms with E-state index >= 15 is 0 Å². The van der Waals surface area contributed by atoms with E-state index in [0.717, 1.165) is 27.8 Å². The maximum atomic E-state index is 12.7. The third kappa shape index (κ3) is 4.81. The van der Waals surface area contributed by atoms with E-state index in [4.69, 9.17) is 17.0 Å². The lowest BCUT2D eigenvalue weighted by atomic mass is 10.1. The number of benzene rings is 2. The van der Waals surface area contributed by atoms with Crippen LogP contribution in [0.4, 0.5) is 0 Å². The average Bonchev–Trinajstić information content (AvgIpc) is 3.30. The van der Waals surface area contributed by atoms with E-state index in [0.29, 0.717) is 22.2 Å². The summed E-state index contributed by atoms with van der Waals surface area (Å²) in [5.74, 6) is 0.317. The van der Waals surface area contributed by atoms with E-state index in [1.165, 1.54) is 16.7 Å². The minimum Gasteiger partial charge on any atom is -0.497 e. The molecule has 0 aliphatic carbocycles. The van der Waals surface area contributed by atoms with Gasteiger partial charge in [-0.2, -0.15) is 0 Å². The monoisotopic (exact) mass is 451 g/mol. The Bertz CT molecular complexity index is 1170. The van der Waals surface area contributed by atoms with E-state index in [2.05, 4.69) is 10.3 Å². The summed E-state index contributed by atoms with van der Waals surface area (Å²) in [5, 5.41) is 3.98. The Hall–Kier alpha value is -3.10. The van der Waals surface area contributed by atoms with Crippen LogP contribution >= 0.6 is 24.0 Å². The highest BCUT2D eigenvalue weighted by molar-refractivity contribution is 8.26. The number of aromatic amines is 1. The molecular weight excluding hydrogens is 430 g/mol. The highest BCUT2D eigenvalue weighted by atomic mass is 32.2. The van der Waals surface area contributed by atoms with Gasteiger partial charge in [0.25, 0.3) is 5.91 Å². The molecule has 8 heteroatoms. The predicted molar refractivity (Wildman–Crippen MR) is 128 cm³/mol. The molecule has 1 aromatic heterocycles. The molecule has 2 amide bonds. The van der Waals surface area contributed by atoms with Crippen LogP contribution in [-0.2, 0) is 16.0 Å². The van der Waals surface area contributed by atoms with E-state index in [1.807, 2.05) is 54.7 Å². The number of H-pyrrole nitrogens is 1. The van der Waals surface area contributed by atoms with Crippen LogP contribution in [0, 0.1) is 0 Å². The van der Waals surface area contributed by atoms with Crippen molar-refractivity contribution in [1.29, 1.82) is 0 Å². The van der Waals surface area contributed by atoms with E-state index in [1.54, 1.807) is 13.2 Å². The Kier molecular flexibility index (Phi) is 6.39. The fourth-order valence-corrected chi connectivity index (χ4v) is 4.63. The van der Waals surface area contributed by atoms with Gasteiger partial charge in [-0.15, -0.1) is 0 Å². The van der Waals surface area contributed by atoms with Crippen molar-refractivity contribution in [2.45, 2.75) is 6.42 Å². The van der Waals surface area contributed by atoms with Gasteiger partial charge in [-0.1, -0.05) is 54.3 Å². The molecule has 0 spiro atoms. The number of fused-ring (bicyclic) bond motifs is 1. The van der Waals surface area contributed by atoms with Gasteiger partial charge in [-0.3, -0.25) is 14.5 Å². The lowest BCUT2D eigenvalue weighted by Crippen LogP contribution is -2.40. The first-order valence-corrected chi connectivity index (χ1v) is 11.0. The smallest absolute Gasteiger partial charge is 0.266 e. The van der Waals surface area contributed by atoms with Gasteiger partial charge in [0, 0.05) is 29.7 Å². The molecule has 1 aliphatic rings. The number of thioether (sulfide) groups is 1. The Labute approximate surface area is 189 Å². The molecular formula is C23H21N3O3S2. The maximum absolute atomic E-state index is 12.7. The molecule has 31 heavy (non-hydrogen) atoms. The number of nitrogens with zero attached hydrogens (tertiary/aromatic N) is 1. The summed E-state index contributed by atoms with van der Waals surface area (Å²) in [7, 11) is 1.64. The Morgan fingerprint density at radius 3 is 2.84 bits per heavy atom. The molecule has 0 saturated carbocycles. The predicted octanol–water partition coefficient (Wildman–Crippen LogP) is 3.74. The summed E-state index contributed by atoms with van der Waals surface area (Å²) >= 11 is 6.53. The van der Waals surface area contributed by atoms with Gasteiger partial charge in [0.05, 0.1) is 12.0 Å². The van der Waals surface area contributed by atoms with Crippen molar-refractivity contribution in [2.75, 3.05) is 20.2 Å². The van der Waals surface area contributed by atoms with Gasteiger partial charge >= 0.3 is 0 Å². The van der Waals surface area contributed by atoms with Crippen molar-refractivity contribution in [1.82, 2.24) is 15.2 Å². The fourth-order valence-electron chi connectivity index (χ4n) is 3.37. The molecule has 0 atom stereocenters. The lowest BCUT2D eigenvalue weighted by molar-refractivity contribution is -0.128.